The van der Waals surface area contributed by atoms with Crippen LogP contribution in [0.4, 0.5) is 0 Å². The van der Waals surface area contributed by atoms with Crippen molar-refractivity contribution in [3.8, 4) is 11.1 Å². The van der Waals surface area contributed by atoms with E-state index in [-0.39, 0.29) is 11.0 Å². The van der Waals surface area contributed by atoms with Crippen LogP contribution < -0.4 is 5.56 Å². The lowest BCUT2D eigenvalue weighted by molar-refractivity contribution is 0.310. The summed E-state index contributed by atoms with van der Waals surface area (Å²) in [6.45, 7) is 8.01. The molecule has 0 spiro atoms. The fourth-order valence-electron chi connectivity index (χ4n) is 3.64. The number of thiophene rings is 1. The number of H-pyrrole nitrogens is 1. The average Bonchev–Trinajstić information content (AvgIpc) is 3.12. The summed E-state index contributed by atoms with van der Waals surface area (Å²) in [5.41, 5.74) is 4.46. The Hall–Kier alpha value is -2.47. The van der Waals surface area contributed by atoms with Crippen molar-refractivity contribution in [3.05, 3.63) is 86.2 Å². The second-order valence-corrected chi connectivity index (χ2v) is 10.3. The maximum absolute atomic E-state index is 12.9. The van der Waals surface area contributed by atoms with Crippen LogP contribution in [-0.2, 0) is 18.5 Å². The van der Waals surface area contributed by atoms with E-state index in [0.717, 1.165) is 22.5 Å². The van der Waals surface area contributed by atoms with E-state index in [1.807, 2.05) is 36.7 Å². The molecule has 0 unspecified atom stereocenters. The van der Waals surface area contributed by atoms with Gasteiger partial charge in [-0.05, 0) is 41.3 Å². The Kier molecular flexibility index (Phi) is 6.02. The fraction of sp³-hybridized carbons (Fsp3) is 0.280. The number of nitrogens with one attached hydrogen (secondary N) is 1. The Balaban J connectivity index is 1.52. The number of aromatic nitrogens is 2. The topological polar surface area (TPSA) is 49.0 Å². The van der Waals surface area contributed by atoms with Crippen molar-refractivity contribution in [2.45, 2.75) is 39.3 Å². The first-order chi connectivity index (χ1) is 14.7. The SMILES string of the molecule is CN(Cc1ccc(C(C)(C)C)cc1)Cc1nc2scc(-c3ccc(Cl)cc3)c2c(=O)[nH]1. The molecule has 4 rings (SSSR count). The van der Waals surface area contributed by atoms with Gasteiger partial charge in [-0.15, -0.1) is 11.3 Å². The molecular formula is C25H26ClN3OS. The summed E-state index contributed by atoms with van der Waals surface area (Å²) >= 11 is 7.49. The lowest BCUT2D eigenvalue weighted by Gasteiger charge is -2.20. The van der Waals surface area contributed by atoms with Crippen molar-refractivity contribution >= 4 is 33.2 Å². The normalized spacial score (nSPS) is 12.1. The van der Waals surface area contributed by atoms with Crippen molar-refractivity contribution < 1.29 is 0 Å². The zero-order chi connectivity index (χ0) is 22.2. The van der Waals surface area contributed by atoms with Crippen molar-refractivity contribution in [1.29, 1.82) is 0 Å². The Morgan fingerprint density at radius 2 is 1.71 bits per heavy atom. The summed E-state index contributed by atoms with van der Waals surface area (Å²) in [6, 6.07) is 16.3. The van der Waals surface area contributed by atoms with Gasteiger partial charge in [-0.1, -0.05) is 68.8 Å². The van der Waals surface area contributed by atoms with E-state index in [1.165, 1.54) is 22.5 Å². The highest BCUT2D eigenvalue weighted by molar-refractivity contribution is 7.17. The number of rotatable bonds is 5. The molecule has 2 aromatic carbocycles. The molecule has 2 heterocycles. The summed E-state index contributed by atoms with van der Waals surface area (Å²) in [5, 5.41) is 3.30. The molecule has 0 aliphatic carbocycles. The highest BCUT2D eigenvalue weighted by Gasteiger charge is 2.15. The summed E-state index contributed by atoms with van der Waals surface area (Å²) < 4.78 is 0. The molecular weight excluding hydrogens is 426 g/mol. The van der Waals surface area contributed by atoms with Crippen molar-refractivity contribution in [2.75, 3.05) is 7.05 Å². The molecule has 1 N–H and O–H groups in total. The smallest absolute Gasteiger partial charge is 0.260 e. The number of halogens is 1. The van der Waals surface area contributed by atoms with Crippen molar-refractivity contribution in [3.63, 3.8) is 0 Å². The lowest BCUT2D eigenvalue weighted by Crippen LogP contribution is -2.21. The van der Waals surface area contributed by atoms with Gasteiger partial charge in [0.15, 0.2) is 0 Å². The van der Waals surface area contributed by atoms with E-state index in [9.17, 15) is 4.79 Å². The van der Waals surface area contributed by atoms with Gasteiger partial charge in [0.25, 0.3) is 5.56 Å². The Morgan fingerprint density at radius 1 is 1.03 bits per heavy atom. The third-order valence-corrected chi connectivity index (χ3v) is 6.46. The van der Waals surface area contributed by atoms with E-state index in [0.29, 0.717) is 22.8 Å². The maximum atomic E-state index is 12.9. The number of nitrogens with zero attached hydrogens (tertiary/aromatic N) is 2. The molecule has 0 bridgehead atoms. The summed E-state index contributed by atoms with van der Waals surface area (Å²) in [4.78, 5) is 23.5. The van der Waals surface area contributed by atoms with Gasteiger partial charge in [-0.2, -0.15) is 0 Å². The predicted molar refractivity (Wildman–Crippen MR) is 131 cm³/mol. The predicted octanol–water partition coefficient (Wildman–Crippen LogP) is 6.23. The number of benzene rings is 2. The summed E-state index contributed by atoms with van der Waals surface area (Å²) in [5.74, 6) is 0.677. The van der Waals surface area contributed by atoms with E-state index < -0.39 is 0 Å². The van der Waals surface area contributed by atoms with Gasteiger partial charge in [-0.3, -0.25) is 9.69 Å². The Morgan fingerprint density at radius 3 is 2.35 bits per heavy atom. The molecule has 0 radical (unpaired) electrons. The molecule has 0 amide bonds. The second-order valence-electron chi connectivity index (χ2n) is 8.97. The standard InChI is InChI=1S/C25H26ClN3OS/c1-25(2,3)18-9-5-16(6-10-18)13-29(4)14-21-27-23(30)22-20(15-31-24(22)28-21)17-7-11-19(26)12-8-17/h5-12,15H,13-14H2,1-4H3,(H,27,28,30). The van der Waals surface area contributed by atoms with Gasteiger partial charge < -0.3 is 4.98 Å². The zero-order valence-electron chi connectivity index (χ0n) is 18.2. The van der Waals surface area contributed by atoms with Gasteiger partial charge in [0.2, 0.25) is 0 Å². The minimum Gasteiger partial charge on any atom is -0.309 e. The minimum absolute atomic E-state index is 0.103. The third kappa shape index (κ3) is 4.90. The lowest BCUT2D eigenvalue weighted by atomic mass is 9.87. The van der Waals surface area contributed by atoms with Crippen LogP contribution in [0.2, 0.25) is 5.02 Å². The van der Waals surface area contributed by atoms with Gasteiger partial charge in [0, 0.05) is 22.5 Å². The molecule has 160 valence electrons. The van der Waals surface area contributed by atoms with Gasteiger partial charge in [0.05, 0.1) is 11.9 Å². The van der Waals surface area contributed by atoms with Crippen molar-refractivity contribution in [1.82, 2.24) is 14.9 Å². The number of aromatic amines is 1. The first-order valence-corrected chi connectivity index (χ1v) is 11.5. The molecule has 2 aromatic heterocycles. The van der Waals surface area contributed by atoms with E-state index in [1.54, 1.807) is 0 Å². The number of hydrogen-bond acceptors (Lipinski definition) is 4. The van der Waals surface area contributed by atoms with E-state index >= 15 is 0 Å². The van der Waals surface area contributed by atoms with Crippen LogP contribution in [0.3, 0.4) is 0 Å². The maximum Gasteiger partial charge on any atom is 0.260 e. The van der Waals surface area contributed by atoms with Crippen LogP contribution in [0, 0.1) is 0 Å². The first kappa shape index (κ1) is 21.8. The fourth-order valence-corrected chi connectivity index (χ4v) is 4.74. The molecule has 0 saturated carbocycles. The van der Waals surface area contributed by atoms with Gasteiger partial charge in [0.1, 0.15) is 10.7 Å². The number of fused-ring (bicyclic) bond motifs is 1. The van der Waals surface area contributed by atoms with Crippen molar-refractivity contribution in [2.24, 2.45) is 0 Å². The van der Waals surface area contributed by atoms with Gasteiger partial charge >= 0.3 is 0 Å². The summed E-state index contributed by atoms with van der Waals surface area (Å²) in [7, 11) is 2.04. The molecule has 6 heteroatoms. The van der Waals surface area contributed by atoms with Crippen LogP contribution in [0.1, 0.15) is 37.7 Å². The molecule has 0 aliphatic heterocycles. The monoisotopic (exact) mass is 451 g/mol. The summed E-state index contributed by atoms with van der Waals surface area (Å²) in [6.07, 6.45) is 0. The van der Waals surface area contributed by atoms with Crippen LogP contribution in [0.5, 0.6) is 0 Å². The van der Waals surface area contributed by atoms with Crippen LogP contribution in [-0.4, -0.2) is 21.9 Å². The van der Waals surface area contributed by atoms with E-state index in [4.69, 9.17) is 16.6 Å². The quantitative estimate of drug-likeness (QED) is 0.391. The Bertz CT molecular complexity index is 1250. The molecule has 4 nitrogen and oxygen atoms in total. The second kappa shape index (κ2) is 8.58. The molecule has 0 aliphatic rings. The molecule has 31 heavy (non-hydrogen) atoms. The third-order valence-electron chi connectivity index (χ3n) is 5.34. The Labute approximate surface area is 191 Å². The van der Waals surface area contributed by atoms with E-state index in [2.05, 4.69) is 54.9 Å². The molecule has 0 atom stereocenters. The zero-order valence-corrected chi connectivity index (χ0v) is 19.8. The molecule has 0 saturated heterocycles. The highest BCUT2D eigenvalue weighted by atomic mass is 35.5. The average molecular weight is 452 g/mol. The van der Waals surface area contributed by atoms with Crippen LogP contribution in [0.15, 0.2) is 58.7 Å². The highest BCUT2D eigenvalue weighted by Crippen LogP contribution is 2.31. The number of hydrogen-bond donors (Lipinski definition) is 1. The first-order valence-electron chi connectivity index (χ1n) is 10.2. The molecule has 0 fully saturated rings. The minimum atomic E-state index is -0.103. The largest absolute Gasteiger partial charge is 0.309 e. The van der Waals surface area contributed by atoms with Crippen LogP contribution in [0.25, 0.3) is 21.3 Å². The van der Waals surface area contributed by atoms with Gasteiger partial charge in [-0.25, -0.2) is 4.98 Å². The van der Waals surface area contributed by atoms with Crippen LogP contribution >= 0.6 is 22.9 Å². The molecule has 4 aromatic rings.